The minimum Gasteiger partial charge on any atom is -0.494 e. The van der Waals surface area contributed by atoms with Crippen molar-refractivity contribution < 1.29 is 14.6 Å². The van der Waals surface area contributed by atoms with Crippen LogP contribution in [-0.2, 0) is 10.3 Å². The molecule has 2 atom stereocenters. The van der Waals surface area contributed by atoms with Crippen LogP contribution in [0.1, 0.15) is 38.7 Å². The van der Waals surface area contributed by atoms with Crippen molar-refractivity contribution in [3.05, 3.63) is 29.8 Å². The molecule has 0 spiro atoms. The van der Waals surface area contributed by atoms with Crippen LogP contribution >= 0.6 is 0 Å². The van der Waals surface area contributed by atoms with Gasteiger partial charge in [0.2, 0.25) is 0 Å². The summed E-state index contributed by atoms with van der Waals surface area (Å²) >= 11 is 0. The molecule has 3 nitrogen and oxygen atoms in total. The number of aliphatic hydroxyl groups is 1. The molecular weight excluding hydrogens is 228 g/mol. The molecule has 0 radical (unpaired) electrons. The second kappa shape index (κ2) is 5.72. The van der Waals surface area contributed by atoms with Crippen molar-refractivity contribution in [2.45, 2.75) is 44.8 Å². The molecule has 1 saturated heterocycles. The van der Waals surface area contributed by atoms with Gasteiger partial charge in [0.05, 0.1) is 24.9 Å². The zero-order chi connectivity index (χ0) is 13.0. The minimum atomic E-state index is -0.749. The van der Waals surface area contributed by atoms with Gasteiger partial charge in [-0.15, -0.1) is 0 Å². The molecule has 0 amide bonds. The molecule has 3 heteroatoms. The number of benzene rings is 1. The molecule has 1 aliphatic heterocycles. The first-order valence-corrected chi connectivity index (χ1v) is 6.71. The first-order chi connectivity index (χ1) is 8.64. The molecular formula is C15H22O3. The first-order valence-electron chi connectivity index (χ1n) is 6.71. The van der Waals surface area contributed by atoms with E-state index >= 15 is 0 Å². The summed E-state index contributed by atoms with van der Waals surface area (Å²) in [5.74, 6) is 0.865. The Hall–Kier alpha value is -1.06. The van der Waals surface area contributed by atoms with Crippen LogP contribution in [0.5, 0.6) is 5.75 Å². The SMILES string of the molecule is CCCOc1ccc(C2(O)CCOC(C)C2)cc1. The summed E-state index contributed by atoms with van der Waals surface area (Å²) in [4.78, 5) is 0. The number of hydrogen-bond donors (Lipinski definition) is 1. The molecule has 1 N–H and O–H groups in total. The highest BCUT2D eigenvalue weighted by Crippen LogP contribution is 2.35. The summed E-state index contributed by atoms with van der Waals surface area (Å²) in [7, 11) is 0. The van der Waals surface area contributed by atoms with Gasteiger partial charge in [0, 0.05) is 12.8 Å². The average Bonchev–Trinajstić information content (AvgIpc) is 2.36. The monoisotopic (exact) mass is 250 g/mol. The van der Waals surface area contributed by atoms with Crippen molar-refractivity contribution in [3.8, 4) is 5.75 Å². The van der Waals surface area contributed by atoms with E-state index in [-0.39, 0.29) is 6.10 Å². The van der Waals surface area contributed by atoms with Crippen molar-refractivity contribution in [2.24, 2.45) is 0 Å². The zero-order valence-corrected chi connectivity index (χ0v) is 11.2. The summed E-state index contributed by atoms with van der Waals surface area (Å²) in [6.07, 6.45) is 2.43. The third kappa shape index (κ3) is 3.03. The Kier molecular flexibility index (Phi) is 4.25. The van der Waals surface area contributed by atoms with E-state index in [0.717, 1.165) is 24.3 Å². The molecule has 0 saturated carbocycles. The van der Waals surface area contributed by atoms with Gasteiger partial charge in [-0.25, -0.2) is 0 Å². The highest BCUT2D eigenvalue weighted by Gasteiger charge is 2.34. The van der Waals surface area contributed by atoms with Crippen LogP contribution < -0.4 is 4.74 Å². The summed E-state index contributed by atoms with van der Waals surface area (Å²) in [6.45, 7) is 5.43. The summed E-state index contributed by atoms with van der Waals surface area (Å²) < 4.78 is 11.0. The van der Waals surface area contributed by atoms with E-state index in [4.69, 9.17) is 9.47 Å². The lowest BCUT2D eigenvalue weighted by molar-refractivity contribution is -0.101. The van der Waals surface area contributed by atoms with E-state index in [1.165, 1.54) is 0 Å². The van der Waals surface area contributed by atoms with Gasteiger partial charge in [-0.2, -0.15) is 0 Å². The Balaban J connectivity index is 2.08. The fourth-order valence-corrected chi connectivity index (χ4v) is 2.41. The predicted octanol–water partition coefficient (Wildman–Crippen LogP) is 2.86. The third-order valence-corrected chi connectivity index (χ3v) is 3.41. The molecule has 2 rings (SSSR count). The molecule has 100 valence electrons. The molecule has 0 aliphatic carbocycles. The number of hydrogen-bond acceptors (Lipinski definition) is 3. The van der Waals surface area contributed by atoms with Crippen LogP contribution in [0.4, 0.5) is 0 Å². The second-order valence-corrected chi connectivity index (χ2v) is 5.04. The molecule has 0 bridgehead atoms. The first kappa shape index (κ1) is 13.4. The zero-order valence-electron chi connectivity index (χ0n) is 11.2. The summed E-state index contributed by atoms with van der Waals surface area (Å²) in [6, 6.07) is 7.79. The van der Waals surface area contributed by atoms with Gasteiger partial charge in [0.15, 0.2) is 0 Å². The average molecular weight is 250 g/mol. The number of ether oxygens (including phenoxy) is 2. The Morgan fingerprint density at radius 3 is 2.72 bits per heavy atom. The molecule has 1 fully saturated rings. The maximum Gasteiger partial charge on any atom is 0.119 e. The van der Waals surface area contributed by atoms with Gasteiger partial charge < -0.3 is 14.6 Å². The van der Waals surface area contributed by atoms with Crippen LogP contribution in [0, 0.1) is 0 Å². The van der Waals surface area contributed by atoms with Crippen LogP contribution in [0.2, 0.25) is 0 Å². The van der Waals surface area contributed by atoms with Gasteiger partial charge in [0.25, 0.3) is 0 Å². The van der Waals surface area contributed by atoms with Crippen LogP contribution in [0.15, 0.2) is 24.3 Å². The van der Waals surface area contributed by atoms with Gasteiger partial charge in [-0.3, -0.25) is 0 Å². The predicted molar refractivity (Wildman–Crippen MR) is 70.8 cm³/mol. The van der Waals surface area contributed by atoms with Crippen molar-refractivity contribution in [3.63, 3.8) is 0 Å². The Bertz CT molecular complexity index is 374. The fourth-order valence-electron chi connectivity index (χ4n) is 2.41. The van der Waals surface area contributed by atoms with Gasteiger partial charge >= 0.3 is 0 Å². The standard InChI is InChI=1S/C15H22O3/c1-3-9-18-14-6-4-13(5-7-14)15(16)8-10-17-12(2)11-15/h4-7,12,16H,3,8-11H2,1-2H3. The van der Waals surface area contributed by atoms with Crippen LogP contribution in [-0.4, -0.2) is 24.4 Å². The minimum absolute atomic E-state index is 0.111. The van der Waals surface area contributed by atoms with Crippen molar-refractivity contribution in [1.82, 2.24) is 0 Å². The maximum atomic E-state index is 10.7. The molecule has 0 aromatic heterocycles. The van der Waals surface area contributed by atoms with Crippen LogP contribution in [0.3, 0.4) is 0 Å². The van der Waals surface area contributed by atoms with E-state index in [0.29, 0.717) is 19.4 Å². The molecule has 1 aliphatic rings. The normalized spacial score (nSPS) is 28.1. The largest absolute Gasteiger partial charge is 0.494 e. The van der Waals surface area contributed by atoms with Gasteiger partial charge in [0.1, 0.15) is 5.75 Å². The Morgan fingerprint density at radius 1 is 1.39 bits per heavy atom. The highest BCUT2D eigenvalue weighted by atomic mass is 16.5. The lowest BCUT2D eigenvalue weighted by Gasteiger charge is -2.36. The van der Waals surface area contributed by atoms with Crippen molar-refractivity contribution >= 4 is 0 Å². The lowest BCUT2D eigenvalue weighted by Crippen LogP contribution is -2.37. The molecule has 1 aromatic rings. The van der Waals surface area contributed by atoms with Crippen LogP contribution in [0.25, 0.3) is 0 Å². The molecule has 2 unspecified atom stereocenters. The molecule has 1 heterocycles. The van der Waals surface area contributed by atoms with Crippen molar-refractivity contribution in [1.29, 1.82) is 0 Å². The van der Waals surface area contributed by atoms with E-state index in [1.807, 2.05) is 31.2 Å². The maximum absolute atomic E-state index is 10.7. The number of rotatable bonds is 4. The fraction of sp³-hybridized carbons (Fsp3) is 0.600. The lowest BCUT2D eigenvalue weighted by atomic mass is 9.84. The highest BCUT2D eigenvalue weighted by molar-refractivity contribution is 5.31. The Labute approximate surface area is 109 Å². The topological polar surface area (TPSA) is 38.7 Å². The second-order valence-electron chi connectivity index (χ2n) is 5.04. The smallest absolute Gasteiger partial charge is 0.119 e. The van der Waals surface area contributed by atoms with E-state index in [2.05, 4.69) is 6.92 Å². The van der Waals surface area contributed by atoms with Crippen molar-refractivity contribution in [2.75, 3.05) is 13.2 Å². The quantitative estimate of drug-likeness (QED) is 0.893. The Morgan fingerprint density at radius 2 is 2.11 bits per heavy atom. The third-order valence-electron chi connectivity index (χ3n) is 3.41. The van der Waals surface area contributed by atoms with E-state index in [1.54, 1.807) is 0 Å². The van der Waals surface area contributed by atoms with Gasteiger partial charge in [-0.05, 0) is 31.0 Å². The molecule has 1 aromatic carbocycles. The summed E-state index contributed by atoms with van der Waals surface area (Å²) in [5, 5.41) is 10.7. The molecule has 18 heavy (non-hydrogen) atoms. The summed E-state index contributed by atoms with van der Waals surface area (Å²) in [5.41, 5.74) is 0.211. The van der Waals surface area contributed by atoms with E-state index in [9.17, 15) is 5.11 Å². The van der Waals surface area contributed by atoms with E-state index < -0.39 is 5.60 Å². The van der Waals surface area contributed by atoms with Gasteiger partial charge in [-0.1, -0.05) is 19.1 Å².